The molecule has 1 aliphatic carbocycles. The summed E-state index contributed by atoms with van der Waals surface area (Å²) in [6, 6.07) is 8.87. The molecule has 3 aromatic rings. The highest BCUT2D eigenvalue weighted by Gasteiger charge is 2.15. The Morgan fingerprint density at radius 3 is 2.96 bits per heavy atom. The normalized spacial score (nSPS) is 13.2. The minimum atomic E-state index is -0.301. The van der Waals surface area contributed by atoms with Crippen molar-refractivity contribution in [2.24, 2.45) is 0 Å². The Bertz CT molecular complexity index is 993. The van der Waals surface area contributed by atoms with Crippen molar-refractivity contribution in [1.82, 2.24) is 25.0 Å². The van der Waals surface area contributed by atoms with Crippen molar-refractivity contribution >= 4 is 11.6 Å². The number of hydrogen-bond acceptors (Lipinski definition) is 5. The number of aryl methyl sites for hydroxylation is 2. The molecule has 8 heteroatoms. The van der Waals surface area contributed by atoms with Gasteiger partial charge in [0.2, 0.25) is 5.91 Å². The second kappa shape index (κ2) is 6.91. The number of nitrogens with zero attached hydrogens (tertiary/aromatic N) is 4. The van der Waals surface area contributed by atoms with E-state index in [1.807, 2.05) is 12.1 Å². The van der Waals surface area contributed by atoms with Gasteiger partial charge in [0.15, 0.2) is 5.82 Å². The van der Waals surface area contributed by atoms with E-state index in [0.29, 0.717) is 11.5 Å². The van der Waals surface area contributed by atoms with E-state index in [1.165, 1.54) is 11.0 Å². The van der Waals surface area contributed by atoms with Crippen molar-refractivity contribution in [2.75, 3.05) is 5.32 Å². The van der Waals surface area contributed by atoms with Crippen molar-refractivity contribution < 1.29 is 4.79 Å². The Balaban J connectivity index is 1.49. The highest BCUT2D eigenvalue weighted by molar-refractivity contribution is 5.91. The Hall–Kier alpha value is -3.29. The number of nitrogens with one attached hydrogen (secondary N) is 2. The molecular formula is C18H18N6O2. The predicted molar refractivity (Wildman–Crippen MR) is 95.6 cm³/mol. The van der Waals surface area contributed by atoms with E-state index in [9.17, 15) is 9.59 Å². The third-order valence-corrected chi connectivity index (χ3v) is 4.40. The van der Waals surface area contributed by atoms with E-state index < -0.39 is 0 Å². The average molecular weight is 350 g/mol. The molecule has 8 nitrogen and oxygen atoms in total. The van der Waals surface area contributed by atoms with Gasteiger partial charge < -0.3 is 5.32 Å². The van der Waals surface area contributed by atoms with Crippen molar-refractivity contribution in [3.8, 4) is 11.4 Å². The van der Waals surface area contributed by atoms with Gasteiger partial charge in [0.1, 0.15) is 12.9 Å². The molecule has 0 spiro atoms. The van der Waals surface area contributed by atoms with Crippen LogP contribution in [0.15, 0.2) is 41.5 Å². The van der Waals surface area contributed by atoms with Gasteiger partial charge in [-0.05, 0) is 43.4 Å². The first-order valence-corrected chi connectivity index (χ1v) is 8.54. The van der Waals surface area contributed by atoms with Crippen LogP contribution in [0.2, 0.25) is 0 Å². The third kappa shape index (κ3) is 3.39. The Kier molecular flexibility index (Phi) is 4.30. The summed E-state index contributed by atoms with van der Waals surface area (Å²) in [5.74, 6) is 0.318. The fourth-order valence-corrected chi connectivity index (χ4v) is 3.14. The fourth-order valence-electron chi connectivity index (χ4n) is 3.14. The number of benzene rings is 1. The van der Waals surface area contributed by atoms with E-state index in [4.69, 9.17) is 0 Å². The van der Waals surface area contributed by atoms with Crippen molar-refractivity contribution in [2.45, 2.75) is 32.2 Å². The van der Waals surface area contributed by atoms with E-state index in [1.54, 1.807) is 18.2 Å². The van der Waals surface area contributed by atoms with Gasteiger partial charge in [0, 0.05) is 17.3 Å². The maximum atomic E-state index is 12.4. The summed E-state index contributed by atoms with van der Waals surface area (Å²) in [7, 11) is 0. The molecule has 0 bridgehead atoms. The first-order chi connectivity index (χ1) is 12.7. The van der Waals surface area contributed by atoms with Crippen LogP contribution in [0.5, 0.6) is 0 Å². The predicted octanol–water partition coefficient (Wildman–Crippen LogP) is 1.55. The fraction of sp³-hybridized carbons (Fsp3) is 0.278. The summed E-state index contributed by atoms with van der Waals surface area (Å²) in [4.78, 5) is 28.6. The molecule has 0 unspecified atom stereocenters. The lowest BCUT2D eigenvalue weighted by molar-refractivity contribution is -0.117. The van der Waals surface area contributed by atoms with Crippen LogP contribution in [0.1, 0.15) is 24.1 Å². The number of aromatic nitrogens is 5. The molecule has 1 aliphatic rings. The molecule has 0 aliphatic heterocycles. The molecule has 2 aromatic heterocycles. The van der Waals surface area contributed by atoms with E-state index in [-0.39, 0.29) is 18.0 Å². The lowest BCUT2D eigenvalue weighted by atomic mass is 9.97. The highest BCUT2D eigenvalue weighted by Crippen LogP contribution is 2.19. The van der Waals surface area contributed by atoms with Crippen LogP contribution >= 0.6 is 0 Å². The minimum Gasteiger partial charge on any atom is -0.324 e. The second-order valence-electron chi connectivity index (χ2n) is 6.28. The molecule has 0 saturated carbocycles. The second-order valence-corrected chi connectivity index (χ2v) is 6.28. The molecule has 1 amide bonds. The number of fused-ring (bicyclic) bond motifs is 1. The van der Waals surface area contributed by atoms with Crippen molar-refractivity contribution in [1.29, 1.82) is 0 Å². The van der Waals surface area contributed by atoms with Crippen molar-refractivity contribution in [3.05, 3.63) is 58.3 Å². The first kappa shape index (κ1) is 16.2. The van der Waals surface area contributed by atoms with Crippen molar-refractivity contribution in [3.63, 3.8) is 0 Å². The average Bonchev–Trinajstić information content (AvgIpc) is 3.17. The molecule has 132 valence electrons. The Morgan fingerprint density at radius 1 is 1.23 bits per heavy atom. The summed E-state index contributed by atoms with van der Waals surface area (Å²) in [6.45, 7) is -0.112. The van der Waals surface area contributed by atoms with E-state index >= 15 is 0 Å². The zero-order chi connectivity index (χ0) is 17.9. The van der Waals surface area contributed by atoms with Gasteiger partial charge in [-0.3, -0.25) is 14.7 Å². The number of amides is 1. The van der Waals surface area contributed by atoms with Gasteiger partial charge >= 0.3 is 0 Å². The standard InChI is InChI=1S/C18H18N6O2/c25-16(10-24-17(26)9-12-4-1-2-7-15(12)23-24)21-14-6-3-5-13(8-14)18-19-11-20-22-18/h3,5-6,8-9,11H,1-2,4,7,10H2,(H,21,25)(H,19,20,22). The Labute approximate surface area is 149 Å². The summed E-state index contributed by atoms with van der Waals surface area (Å²) in [5.41, 5.74) is 3.13. The minimum absolute atomic E-state index is 0.112. The lowest BCUT2D eigenvalue weighted by Gasteiger charge is -2.15. The third-order valence-electron chi connectivity index (χ3n) is 4.40. The van der Waals surface area contributed by atoms with Crippen LogP contribution in [-0.4, -0.2) is 30.9 Å². The van der Waals surface area contributed by atoms with Crippen LogP contribution < -0.4 is 10.9 Å². The van der Waals surface area contributed by atoms with Gasteiger partial charge in [-0.25, -0.2) is 9.67 Å². The number of carbonyl (C=O) groups excluding carboxylic acids is 1. The molecule has 0 atom stereocenters. The number of anilines is 1. The van der Waals surface area contributed by atoms with Crippen LogP contribution in [0.25, 0.3) is 11.4 Å². The number of hydrogen-bond donors (Lipinski definition) is 2. The molecule has 2 N–H and O–H groups in total. The largest absolute Gasteiger partial charge is 0.324 e. The van der Waals surface area contributed by atoms with Gasteiger partial charge in [-0.2, -0.15) is 10.2 Å². The maximum Gasteiger partial charge on any atom is 0.267 e. The number of rotatable bonds is 4. The molecule has 26 heavy (non-hydrogen) atoms. The molecular weight excluding hydrogens is 332 g/mol. The maximum absolute atomic E-state index is 12.4. The van der Waals surface area contributed by atoms with Crippen LogP contribution in [0.3, 0.4) is 0 Å². The van der Waals surface area contributed by atoms with E-state index in [2.05, 4.69) is 25.6 Å². The monoisotopic (exact) mass is 350 g/mol. The summed E-state index contributed by atoms with van der Waals surface area (Å²) < 4.78 is 1.24. The molecule has 0 saturated heterocycles. The highest BCUT2D eigenvalue weighted by atomic mass is 16.2. The van der Waals surface area contributed by atoms with Crippen LogP contribution in [0.4, 0.5) is 5.69 Å². The topological polar surface area (TPSA) is 106 Å². The molecule has 2 heterocycles. The van der Waals surface area contributed by atoms with Gasteiger partial charge in [-0.15, -0.1) is 0 Å². The quantitative estimate of drug-likeness (QED) is 0.742. The zero-order valence-corrected chi connectivity index (χ0v) is 14.1. The molecule has 0 radical (unpaired) electrons. The summed E-state index contributed by atoms with van der Waals surface area (Å²) in [5, 5.41) is 13.8. The summed E-state index contributed by atoms with van der Waals surface area (Å²) in [6.07, 6.45) is 5.32. The smallest absolute Gasteiger partial charge is 0.267 e. The van der Waals surface area contributed by atoms with Crippen LogP contribution in [0, 0.1) is 0 Å². The molecule has 0 fully saturated rings. The number of aromatic amines is 1. The number of carbonyl (C=O) groups is 1. The summed E-state index contributed by atoms with van der Waals surface area (Å²) >= 11 is 0. The van der Waals surface area contributed by atoms with Gasteiger partial charge in [0.05, 0.1) is 5.69 Å². The van der Waals surface area contributed by atoms with Gasteiger partial charge in [-0.1, -0.05) is 12.1 Å². The molecule has 4 rings (SSSR count). The van der Waals surface area contributed by atoms with Gasteiger partial charge in [0.25, 0.3) is 5.56 Å². The van der Waals surface area contributed by atoms with E-state index in [0.717, 1.165) is 42.5 Å². The van der Waals surface area contributed by atoms with Crippen LogP contribution in [-0.2, 0) is 24.2 Å². The zero-order valence-electron chi connectivity index (χ0n) is 14.1. The lowest BCUT2D eigenvalue weighted by Crippen LogP contribution is -2.31. The first-order valence-electron chi connectivity index (χ1n) is 8.54. The molecule has 1 aromatic carbocycles. The SMILES string of the molecule is O=C(Cn1nc2c(cc1=O)CCCC2)Nc1cccc(-c2ncn[nH]2)c1. The number of H-pyrrole nitrogens is 1. The Morgan fingerprint density at radius 2 is 2.12 bits per heavy atom.